The Kier molecular flexibility index (Phi) is 3.67. The number of rotatable bonds is 3. The average molecular weight is 290 g/mol. The Morgan fingerprint density at radius 3 is 2.81 bits per heavy atom. The molecule has 1 fully saturated rings. The zero-order valence-electron chi connectivity index (χ0n) is 12.5. The summed E-state index contributed by atoms with van der Waals surface area (Å²) in [6.45, 7) is 4.85. The van der Waals surface area contributed by atoms with Crippen molar-refractivity contribution in [3.63, 3.8) is 0 Å². The van der Waals surface area contributed by atoms with Crippen molar-refractivity contribution >= 4 is 11.5 Å². The molecule has 0 saturated heterocycles. The number of nitrogens with two attached hydrogens (primary N) is 1. The quantitative estimate of drug-likeness (QED) is 0.873. The molecule has 1 aliphatic carbocycles. The topological polar surface area (TPSA) is 92.3 Å². The molecule has 7 heteroatoms. The van der Waals surface area contributed by atoms with E-state index in [1.54, 1.807) is 0 Å². The average Bonchev–Trinajstić information content (AvgIpc) is 2.84. The van der Waals surface area contributed by atoms with Gasteiger partial charge < -0.3 is 10.6 Å². The van der Waals surface area contributed by atoms with Gasteiger partial charge in [-0.1, -0.05) is 0 Å². The minimum atomic E-state index is -0.242. The van der Waals surface area contributed by atoms with Crippen molar-refractivity contribution in [3.05, 3.63) is 22.4 Å². The van der Waals surface area contributed by atoms with Gasteiger partial charge in [-0.15, -0.1) is 0 Å². The number of hydrogen-bond acceptors (Lipinski definition) is 5. The Labute approximate surface area is 123 Å². The third kappa shape index (κ3) is 2.53. The molecule has 0 radical (unpaired) electrons. The molecule has 114 valence electrons. The van der Waals surface area contributed by atoms with Gasteiger partial charge in [0.15, 0.2) is 5.65 Å². The molecule has 2 aromatic heterocycles. The van der Waals surface area contributed by atoms with Crippen LogP contribution in [0.2, 0.25) is 0 Å². The summed E-state index contributed by atoms with van der Waals surface area (Å²) in [5.41, 5.74) is 6.37. The van der Waals surface area contributed by atoms with E-state index in [9.17, 15) is 4.79 Å². The number of aromatic amines is 1. The first-order valence-corrected chi connectivity index (χ1v) is 7.57. The Bertz CT molecular complexity index is 682. The molecule has 3 rings (SSSR count). The second kappa shape index (κ2) is 5.48. The molecular weight excluding hydrogens is 268 g/mol. The molecule has 2 aromatic rings. The predicted molar refractivity (Wildman–Crippen MR) is 81.6 cm³/mol. The van der Waals surface area contributed by atoms with E-state index in [-0.39, 0.29) is 5.69 Å². The molecule has 0 spiro atoms. The lowest BCUT2D eigenvalue weighted by Crippen LogP contribution is -2.41. The normalized spacial score (nSPS) is 22.6. The molecular formula is C14H22N6O. The first-order chi connectivity index (χ1) is 10.1. The van der Waals surface area contributed by atoms with Gasteiger partial charge >= 0.3 is 5.69 Å². The van der Waals surface area contributed by atoms with Crippen LogP contribution in [0.1, 0.15) is 38.4 Å². The summed E-state index contributed by atoms with van der Waals surface area (Å²) >= 11 is 0. The Morgan fingerprint density at radius 2 is 2.14 bits per heavy atom. The standard InChI is InChI=1S/C14H22N6O/c1-3-19(11-6-4-10(15)5-7-11)12-8-13-17-18-14(21)20(13)9(2)16-12/h8,10-11H,3-7,15H2,1-2H3,(H,18,21). The summed E-state index contributed by atoms with van der Waals surface area (Å²) in [6.07, 6.45) is 4.30. The number of anilines is 1. The van der Waals surface area contributed by atoms with Gasteiger partial charge in [-0.25, -0.2) is 19.3 Å². The van der Waals surface area contributed by atoms with Crippen molar-refractivity contribution in [2.24, 2.45) is 5.73 Å². The molecule has 0 unspecified atom stereocenters. The Balaban J connectivity index is 1.95. The summed E-state index contributed by atoms with van der Waals surface area (Å²) in [6, 6.07) is 2.68. The smallest absolute Gasteiger partial charge is 0.349 e. The van der Waals surface area contributed by atoms with E-state index in [4.69, 9.17) is 5.73 Å². The van der Waals surface area contributed by atoms with Crippen molar-refractivity contribution in [3.8, 4) is 0 Å². The predicted octanol–water partition coefficient (Wildman–Crippen LogP) is 0.822. The molecule has 2 heterocycles. The van der Waals surface area contributed by atoms with Gasteiger partial charge in [-0.2, -0.15) is 5.10 Å². The second-order valence-electron chi connectivity index (χ2n) is 5.74. The summed E-state index contributed by atoms with van der Waals surface area (Å²) in [5.74, 6) is 1.55. The molecule has 1 aliphatic rings. The van der Waals surface area contributed by atoms with E-state index in [1.807, 2.05) is 13.0 Å². The second-order valence-corrected chi connectivity index (χ2v) is 5.74. The summed E-state index contributed by atoms with van der Waals surface area (Å²) < 4.78 is 1.49. The fourth-order valence-corrected chi connectivity index (χ4v) is 3.25. The van der Waals surface area contributed by atoms with Gasteiger partial charge in [0, 0.05) is 24.7 Å². The van der Waals surface area contributed by atoms with E-state index >= 15 is 0 Å². The molecule has 0 bridgehead atoms. The maximum Gasteiger partial charge on any atom is 0.349 e. The minimum absolute atomic E-state index is 0.242. The highest BCUT2D eigenvalue weighted by molar-refractivity contribution is 5.52. The van der Waals surface area contributed by atoms with Gasteiger partial charge in [0.2, 0.25) is 0 Å². The van der Waals surface area contributed by atoms with Crippen molar-refractivity contribution in [2.45, 2.75) is 51.6 Å². The van der Waals surface area contributed by atoms with Crippen LogP contribution >= 0.6 is 0 Å². The van der Waals surface area contributed by atoms with Crippen LogP contribution in [-0.4, -0.2) is 38.2 Å². The highest BCUT2D eigenvalue weighted by Gasteiger charge is 2.25. The van der Waals surface area contributed by atoms with E-state index in [1.165, 1.54) is 4.40 Å². The van der Waals surface area contributed by atoms with Crippen molar-refractivity contribution in [1.82, 2.24) is 19.6 Å². The van der Waals surface area contributed by atoms with Crippen LogP contribution in [0.5, 0.6) is 0 Å². The maximum atomic E-state index is 11.7. The van der Waals surface area contributed by atoms with Crippen LogP contribution in [-0.2, 0) is 0 Å². The van der Waals surface area contributed by atoms with Crippen molar-refractivity contribution in [2.75, 3.05) is 11.4 Å². The number of hydrogen-bond donors (Lipinski definition) is 2. The number of H-pyrrole nitrogens is 1. The third-order valence-electron chi connectivity index (χ3n) is 4.37. The van der Waals surface area contributed by atoms with Crippen LogP contribution in [0.4, 0.5) is 5.82 Å². The first-order valence-electron chi connectivity index (χ1n) is 7.57. The highest BCUT2D eigenvalue weighted by Crippen LogP contribution is 2.26. The van der Waals surface area contributed by atoms with Crippen molar-refractivity contribution < 1.29 is 0 Å². The lowest BCUT2D eigenvalue weighted by atomic mass is 9.91. The zero-order valence-corrected chi connectivity index (χ0v) is 12.5. The monoisotopic (exact) mass is 290 g/mol. The maximum absolute atomic E-state index is 11.7. The van der Waals surface area contributed by atoms with E-state index in [0.717, 1.165) is 38.0 Å². The fourth-order valence-electron chi connectivity index (χ4n) is 3.25. The molecule has 21 heavy (non-hydrogen) atoms. The van der Waals surface area contributed by atoms with E-state index in [2.05, 4.69) is 27.0 Å². The Morgan fingerprint density at radius 1 is 1.43 bits per heavy atom. The number of nitrogens with one attached hydrogen (secondary N) is 1. The molecule has 0 amide bonds. The number of nitrogens with zero attached hydrogens (tertiary/aromatic N) is 4. The van der Waals surface area contributed by atoms with Crippen LogP contribution in [0.15, 0.2) is 10.9 Å². The highest BCUT2D eigenvalue weighted by atomic mass is 16.1. The summed E-state index contributed by atoms with van der Waals surface area (Å²) in [7, 11) is 0. The zero-order chi connectivity index (χ0) is 15.0. The van der Waals surface area contributed by atoms with Gasteiger partial charge in [0.25, 0.3) is 0 Å². The Hall–Kier alpha value is -1.89. The van der Waals surface area contributed by atoms with Crippen LogP contribution in [0.25, 0.3) is 5.65 Å². The third-order valence-corrected chi connectivity index (χ3v) is 4.37. The largest absolute Gasteiger partial charge is 0.354 e. The first kappa shape index (κ1) is 14.1. The molecule has 7 nitrogen and oxygen atoms in total. The lowest BCUT2D eigenvalue weighted by molar-refractivity contribution is 0.376. The van der Waals surface area contributed by atoms with Crippen LogP contribution < -0.4 is 16.3 Å². The molecule has 0 aliphatic heterocycles. The van der Waals surface area contributed by atoms with E-state index < -0.39 is 0 Å². The molecule has 0 aromatic carbocycles. The molecule has 3 N–H and O–H groups in total. The van der Waals surface area contributed by atoms with Gasteiger partial charge in [-0.05, 0) is 39.5 Å². The summed E-state index contributed by atoms with van der Waals surface area (Å²) in [4.78, 5) is 18.6. The van der Waals surface area contributed by atoms with Crippen molar-refractivity contribution in [1.29, 1.82) is 0 Å². The lowest BCUT2D eigenvalue weighted by Gasteiger charge is -2.36. The fraction of sp³-hybridized carbons (Fsp3) is 0.643. The minimum Gasteiger partial charge on any atom is -0.354 e. The van der Waals surface area contributed by atoms with Crippen LogP contribution in [0, 0.1) is 6.92 Å². The molecule has 1 saturated carbocycles. The van der Waals surface area contributed by atoms with Gasteiger partial charge in [0.1, 0.15) is 11.6 Å². The van der Waals surface area contributed by atoms with Crippen LogP contribution in [0.3, 0.4) is 0 Å². The van der Waals surface area contributed by atoms with Gasteiger partial charge in [-0.3, -0.25) is 0 Å². The SMILES string of the molecule is CCN(c1cc2n[nH]c(=O)n2c(C)n1)C1CCC(N)CC1. The summed E-state index contributed by atoms with van der Waals surface area (Å²) in [5, 5.41) is 6.52. The number of aromatic nitrogens is 4. The van der Waals surface area contributed by atoms with Gasteiger partial charge in [0.05, 0.1) is 0 Å². The number of fused-ring (bicyclic) bond motifs is 1. The molecule has 0 atom stereocenters. The number of aryl methyl sites for hydroxylation is 1. The van der Waals surface area contributed by atoms with E-state index in [0.29, 0.717) is 23.6 Å².